The third-order valence-corrected chi connectivity index (χ3v) is 2.94. The first kappa shape index (κ1) is 9.01. The Bertz CT molecular complexity index is 116. The van der Waals surface area contributed by atoms with E-state index in [4.69, 9.17) is 5.73 Å². The molecule has 1 saturated carbocycles. The van der Waals surface area contributed by atoms with Gasteiger partial charge in [0.05, 0.1) is 6.10 Å². The highest BCUT2D eigenvalue weighted by Gasteiger charge is 2.26. The van der Waals surface area contributed by atoms with Crippen molar-refractivity contribution in [1.82, 2.24) is 0 Å². The number of nitrogens with two attached hydrogens (primary N) is 1. The maximum atomic E-state index is 9.37. The molecule has 0 bridgehead atoms. The van der Waals surface area contributed by atoms with Gasteiger partial charge in [-0.3, -0.25) is 0 Å². The fourth-order valence-electron chi connectivity index (χ4n) is 2.13. The van der Waals surface area contributed by atoms with Crippen molar-refractivity contribution >= 4 is 0 Å². The molecule has 1 aliphatic rings. The highest BCUT2D eigenvalue weighted by molar-refractivity contribution is 4.79. The van der Waals surface area contributed by atoms with Crippen LogP contribution in [0.25, 0.3) is 0 Å². The Morgan fingerprint density at radius 1 is 1.36 bits per heavy atom. The van der Waals surface area contributed by atoms with Crippen molar-refractivity contribution in [3.63, 3.8) is 0 Å². The molecule has 0 aromatic carbocycles. The Balaban J connectivity index is 2.41. The van der Waals surface area contributed by atoms with E-state index in [2.05, 4.69) is 6.92 Å². The van der Waals surface area contributed by atoms with Crippen molar-refractivity contribution in [2.45, 2.75) is 38.7 Å². The van der Waals surface area contributed by atoms with Crippen LogP contribution in [-0.2, 0) is 0 Å². The van der Waals surface area contributed by atoms with Crippen LogP contribution in [0.2, 0.25) is 0 Å². The molecule has 1 aliphatic carbocycles. The summed E-state index contributed by atoms with van der Waals surface area (Å²) in [5.41, 5.74) is 5.62. The second kappa shape index (κ2) is 4.07. The number of hydrogen-bond acceptors (Lipinski definition) is 2. The summed E-state index contributed by atoms with van der Waals surface area (Å²) >= 11 is 0. The summed E-state index contributed by atoms with van der Waals surface area (Å²) < 4.78 is 0. The number of aliphatic hydroxyl groups excluding tert-OH is 1. The molecule has 66 valence electrons. The lowest BCUT2D eigenvalue weighted by Gasteiger charge is -2.32. The van der Waals surface area contributed by atoms with Crippen LogP contribution in [0.4, 0.5) is 0 Å². The monoisotopic (exact) mass is 157 g/mol. The zero-order valence-electron chi connectivity index (χ0n) is 7.29. The molecule has 0 aromatic rings. The van der Waals surface area contributed by atoms with Crippen molar-refractivity contribution in [1.29, 1.82) is 0 Å². The molecule has 0 aromatic heterocycles. The molecule has 2 nitrogen and oxygen atoms in total. The van der Waals surface area contributed by atoms with Crippen molar-refractivity contribution in [3.8, 4) is 0 Å². The third-order valence-electron chi connectivity index (χ3n) is 2.94. The van der Waals surface area contributed by atoms with Crippen molar-refractivity contribution in [3.05, 3.63) is 0 Å². The molecule has 1 fully saturated rings. The maximum Gasteiger partial charge on any atom is 0.0543 e. The van der Waals surface area contributed by atoms with Gasteiger partial charge in [0, 0.05) is 0 Å². The van der Waals surface area contributed by atoms with Gasteiger partial charge in [-0.15, -0.1) is 0 Å². The van der Waals surface area contributed by atoms with Gasteiger partial charge >= 0.3 is 0 Å². The molecule has 1 rings (SSSR count). The number of rotatable bonds is 2. The normalized spacial score (nSPS) is 39.0. The van der Waals surface area contributed by atoms with Crippen LogP contribution in [-0.4, -0.2) is 17.8 Å². The van der Waals surface area contributed by atoms with E-state index in [1.165, 1.54) is 12.8 Å². The standard InChI is InChI=1S/C9H19NO/c1-2-7-3-4-9(11)5-8(7)6-10/h7-9,11H,2-6,10H2,1H3. The van der Waals surface area contributed by atoms with Gasteiger partial charge in [0.2, 0.25) is 0 Å². The van der Waals surface area contributed by atoms with Gasteiger partial charge < -0.3 is 10.8 Å². The van der Waals surface area contributed by atoms with Gasteiger partial charge in [0.25, 0.3) is 0 Å². The minimum absolute atomic E-state index is 0.0775. The van der Waals surface area contributed by atoms with Gasteiger partial charge in [-0.25, -0.2) is 0 Å². The summed E-state index contributed by atoms with van der Waals surface area (Å²) in [7, 11) is 0. The molecular formula is C9H19NO. The first-order valence-electron chi connectivity index (χ1n) is 4.66. The Labute approximate surface area is 68.8 Å². The lowest BCUT2D eigenvalue weighted by atomic mass is 9.77. The second-order valence-corrected chi connectivity index (χ2v) is 3.63. The van der Waals surface area contributed by atoms with E-state index in [0.717, 1.165) is 25.3 Å². The SMILES string of the molecule is CCC1CCC(O)CC1CN. The molecule has 0 radical (unpaired) electrons. The molecule has 0 aliphatic heterocycles. The number of aliphatic hydroxyl groups is 1. The fourth-order valence-corrected chi connectivity index (χ4v) is 2.13. The molecular weight excluding hydrogens is 138 g/mol. The minimum atomic E-state index is -0.0775. The summed E-state index contributed by atoms with van der Waals surface area (Å²) in [6.45, 7) is 2.96. The van der Waals surface area contributed by atoms with E-state index >= 15 is 0 Å². The van der Waals surface area contributed by atoms with Gasteiger partial charge in [-0.05, 0) is 37.6 Å². The van der Waals surface area contributed by atoms with Crippen LogP contribution in [0.15, 0.2) is 0 Å². The van der Waals surface area contributed by atoms with Crippen LogP contribution in [0.3, 0.4) is 0 Å². The van der Waals surface area contributed by atoms with Crippen LogP contribution < -0.4 is 5.73 Å². The Morgan fingerprint density at radius 2 is 2.09 bits per heavy atom. The Kier molecular flexibility index (Phi) is 3.34. The molecule has 3 unspecified atom stereocenters. The van der Waals surface area contributed by atoms with E-state index < -0.39 is 0 Å². The minimum Gasteiger partial charge on any atom is -0.393 e. The average molecular weight is 157 g/mol. The van der Waals surface area contributed by atoms with Gasteiger partial charge in [-0.1, -0.05) is 13.3 Å². The highest BCUT2D eigenvalue weighted by Crippen LogP contribution is 2.31. The molecule has 0 heterocycles. The molecule has 0 saturated heterocycles. The van der Waals surface area contributed by atoms with Gasteiger partial charge in [-0.2, -0.15) is 0 Å². The van der Waals surface area contributed by atoms with Gasteiger partial charge in [0.15, 0.2) is 0 Å². The van der Waals surface area contributed by atoms with E-state index in [-0.39, 0.29) is 6.10 Å². The summed E-state index contributed by atoms with van der Waals surface area (Å²) in [6.07, 6.45) is 4.21. The second-order valence-electron chi connectivity index (χ2n) is 3.63. The quantitative estimate of drug-likeness (QED) is 0.631. The summed E-state index contributed by atoms with van der Waals surface area (Å²) in [6, 6.07) is 0. The zero-order chi connectivity index (χ0) is 8.27. The zero-order valence-corrected chi connectivity index (χ0v) is 7.29. The van der Waals surface area contributed by atoms with E-state index in [9.17, 15) is 5.11 Å². The van der Waals surface area contributed by atoms with E-state index in [1.807, 2.05) is 0 Å². The lowest BCUT2D eigenvalue weighted by Crippen LogP contribution is -2.32. The van der Waals surface area contributed by atoms with Crippen molar-refractivity contribution in [2.75, 3.05) is 6.54 Å². The molecule has 3 atom stereocenters. The lowest BCUT2D eigenvalue weighted by molar-refractivity contribution is 0.0703. The highest BCUT2D eigenvalue weighted by atomic mass is 16.3. The Morgan fingerprint density at radius 3 is 2.64 bits per heavy atom. The van der Waals surface area contributed by atoms with Crippen LogP contribution in [0.1, 0.15) is 32.6 Å². The predicted octanol–water partition coefficient (Wildman–Crippen LogP) is 1.13. The smallest absolute Gasteiger partial charge is 0.0543 e. The molecule has 11 heavy (non-hydrogen) atoms. The van der Waals surface area contributed by atoms with Crippen LogP contribution in [0.5, 0.6) is 0 Å². The molecule has 3 N–H and O–H groups in total. The largest absolute Gasteiger partial charge is 0.393 e. The molecule has 2 heteroatoms. The van der Waals surface area contributed by atoms with Gasteiger partial charge in [0.1, 0.15) is 0 Å². The summed E-state index contributed by atoms with van der Waals surface area (Å²) in [4.78, 5) is 0. The third kappa shape index (κ3) is 2.17. The van der Waals surface area contributed by atoms with Crippen molar-refractivity contribution in [2.24, 2.45) is 17.6 Å². The van der Waals surface area contributed by atoms with Crippen molar-refractivity contribution < 1.29 is 5.11 Å². The predicted molar refractivity (Wildman–Crippen MR) is 46.2 cm³/mol. The first-order chi connectivity index (χ1) is 5.27. The molecule has 0 spiro atoms. The fraction of sp³-hybridized carbons (Fsp3) is 1.00. The summed E-state index contributed by atoms with van der Waals surface area (Å²) in [5.74, 6) is 1.34. The Hall–Kier alpha value is -0.0800. The average Bonchev–Trinajstić information content (AvgIpc) is 2.04. The number of hydrogen-bond donors (Lipinski definition) is 2. The maximum absolute atomic E-state index is 9.37. The first-order valence-corrected chi connectivity index (χ1v) is 4.66. The van der Waals surface area contributed by atoms with E-state index in [1.54, 1.807) is 0 Å². The van der Waals surface area contributed by atoms with E-state index in [0.29, 0.717) is 5.92 Å². The van der Waals surface area contributed by atoms with Crippen LogP contribution in [0, 0.1) is 11.8 Å². The summed E-state index contributed by atoms with van der Waals surface area (Å²) in [5, 5.41) is 9.37. The topological polar surface area (TPSA) is 46.2 Å². The molecule has 0 amide bonds. The van der Waals surface area contributed by atoms with Crippen LogP contribution >= 0.6 is 0 Å².